The van der Waals surface area contributed by atoms with E-state index in [1.165, 1.54) is 5.56 Å². The molecule has 0 aliphatic heterocycles. The van der Waals surface area contributed by atoms with Crippen molar-refractivity contribution in [2.75, 3.05) is 12.8 Å². The number of anilines is 1. The average Bonchev–Trinajstić information content (AvgIpc) is 2.47. The molecule has 1 amide bonds. The first-order valence-electron chi connectivity index (χ1n) is 7.21. The van der Waals surface area contributed by atoms with Crippen molar-refractivity contribution < 1.29 is 4.79 Å². The number of benzene rings is 2. The van der Waals surface area contributed by atoms with Gasteiger partial charge in [0.1, 0.15) is 0 Å². The number of hydrogen-bond acceptors (Lipinski definition) is 2. The van der Waals surface area contributed by atoms with Crippen LogP contribution in [0.25, 0.3) is 0 Å². The molecule has 2 rings (SSSR count). The molecule has 3 heteroatoms. The molecule has 110 valence electrons. The van der Waals surface area contributed by atoms with E-state index in [0.29, 0.717) is 17.8 Å². The molecule has 2 aromatic carbocycles. The quantitative estimate of drug-likeness (QED) is 0.873. The minimum Gasteiger partial charge on any atom is -0.398 e. The first-order chi connectivity index (χ1) is 10.0. The van der Waals surface area contributed by atoms with Crippen LogP contribution < -0.4 is 5.73 Å². The lowest BCUT2D eigenvalue weighted by Gasteiger charge is -2.19. The molecule has 0 aliphatic carbocycles. The number of aryl methyl sites for hydroxylation is 2. The first kappa shape index (κ1) is 15.1. The lowest BCUT2D eigenvalue weighted by Crippen LogP contribution is -2.27. The summed E-state index contributed by atoms with van der Waals surface area (Å²) in [5, 5.41) is 0. The fraction of sp³-hybridized carbons (Fsp3) is 0.278. The van der Waals surface area contributed by atoms with Crippen LogP contribution in [-0.4, -0.2) is 17.9 Å². The van der Waals surface area contributed by atoms with E-state index >= 15 is 0 Å². The Morgan fingerprint density at radius 3 is 2.29 bits per heavy atom. The molecule has 0 fully saturated rings. The zero-order valence-corrected chi connectivity index (χ0v) is 12.9. The van der Waals surface area contributed by atoms with Crippen molar-refractivity contribution >= 4 is 11.6 Å². The lowest BCUT2D eigenvalue weighted by atomic mass is 10.0. The highest BCUT2D eigenvalue weighted by Gasteiger charge is 2.17. The zero-order valence-electron chi connectivity index (χ0n) is 12.9. The van der Waals surface area contributed by atoms with Crippen molar-refractivity contribution in [2.24, 2.45) is 0 Å². The molecule has 2 N–H and O–H groups in total. The van der Waals surface area contributed by atoms with Crippen LogP contribution in [-0.2, 0) is 13.0 Å². The molecule has 21 heavy (non-hydrogen) atoms. The third-order valence-corrected chi connectivity index (χ3v) is 3.72. The molecular formula is C18H22N2O. The van der Waals surface area contributed by atoms with E-state index in [2.05, 4.69) is 31.2 Å². The van der Waals surface area contributed by atoms with Gasteiger partial charge in [-0.25, -0.2) is 0 Å². The molecule has 0 saturated carbocycles. The molecule has 0 aliphatic rings. The van der Waals surface area contributed by atoms with Crippen LogP contribution in [0.2, 0.25) is 0 Å². The summed E-state index contributed by atoms with van der Waals surface area (Å²) >= 11 is 0. The maximum Gasteiger partial charge on any atom is 0.256 e. The molecule has 0 spiro atoms. The van der Waals surface area contributed by atoms with E-state index in [0.717, 1.165) is 17.5 Å². The Balaban J connectivity index is 2.15. The summed E-state index contributed by atoms with van der Waals surface area (Å²) in [4.78, 5) is 14.3. The Labute approximate surface area is 126 Å². The van der Waals surface area contributed by atoms with Gasteiger partial charge in [-0.3, -0.25) is 4.79 Å². The number of carbonyl (C=O) groups excluding carboxylic acids is 1. The predicted molar refractivity (Wildman–Crippen MR) is 87.2 cm³/mol. The Kier molecular flexibility index (Phi) is 4.63. The van der Waals surface area contributed by atoms with Gasteiger partial charge in [0.15, 0.2) is 0 Å². The van der Waals surface area contributed by atoms with Crippen LogP contribution in [0.15, 0.2) is 42.5 Å². The van der Waals surface area contributed by atoms with Crippen LogP contribution in [0.4, 0.5) is 5.69 Å². The molecule has 0 unspecified atom stereocenters. The van der Waals surface area contributed by atoms with Gasteiger partial charge in [0.2, 0.25) is 0 Å². The van der Waals surface area contributed by atoms with Gasteiger partial charge in [-0.05, 0) is 36.1 Å². The zero-order chi connectivity index (χ0) is 15.4. The smallest absolute Gasteiger partial charge is 0.256 e. The maximum absolute atomic E-state index is 12.6. The van der Waals surface area contributed by atoms with Crippen molar-refractivity contribution in [1.29, 1.82) is 0 Å². The van der Waals surface area contributed by atoms with Crippen molar-refractivity contribution in [2.45, 2.75) is 26.8 Å². The summed E-state index contributed by atoms with van der Waals surface area (Å²) in [6.07, 6.45) is 1.02. The van der Waals surface area contributed by atoms with Crippen LogP contribution in [0, 0.1) is 6.92 Å². The van der Waals surface area contributed by atoms with Gasteiger partial charge in [-0.15, -0.1) is 0 Å². The van der Waals surface area contributed by atoms with E-state index in [-0.39, 0.29) is 5.91 Å². The average molecular weight is 282 g/mol. The van der Waals surface area contributed by atoms with Crippen LogP contribution in [0.5, 0.6) is 0 Å². The minimum absolute atomic E-state index is 0.0369. The Hall–Kier alpha value is -2.29. The summed E-state index contributed by atoms with van der Waals surface area (Å²) in [6, 6.07) is 13.9. The molecule has 2 aromatic rings. The summed E-state index contributed by atoms with van der Waals surface area (Å²) in [5.74, 6) is -0.0369. The van der Waals surface area contributed by atoms with Gasteiger partial charge < -0.3 is 10.6 Å². The number of rotatable bonds is 4. The second kappa shape index (κ2) is 6.44. The topological polar surface area (TPSA) is 46.3 Å². The highest BCUT2D eigenvalue weighted by atomic mass is 16.2. The van der Waals surface area contributed by atoms with Gasteiger partial charge >= 0.3 is 0 Å². The number of nitrogens with zero attached hydrogens (tertiary/aromatic N) is 1. The highest BCUT2D eigenvalue weighted by molar-refractivity contribution is 6.00. The van der Waals surface area contributed by atoms with E-state index < -0.39 is 0 Å². The van der Waals surface area contributed by atoms with Crippen LogP contribution >= 0.6 is 0 Å². The van der Waals surface area contributed by atoms with Gasteiger partial charge in [0.25, 0.3) is 5.91 Å². The SMILES string of the molecule is CCc1ccc(CN(C)C(=O)c2c(C)cccc2N)cc1. The van der Waals surface area contributed by atoms with Gasteiger partial charge in [0.05, 0.1) is 5.56 Å². The molecule has 0 radical (unpaired) electrons. The lowest BCUT2D eigenvalue weighted by molar-refractivity contribution is 0.0785. The van der Waals surface area contributed by atoms with Gasteiger partial charge in [0, 0.05) is 19.3 Å². The Morgan fingerprint density at radius 1 is 1.10 bits per heavy atom. The third kappa shape index (κ3) is 3.43. The largest absolute Gasteiger partial charge is 0.398 e. The van der Waals surface area contributed by atoms with Crippen LogP contribution in [0.3, 0.4) is 0 Å². The number of amides is 1. The second-order valence-electron chi connectivity index (χ2n) is 5.37. The number of nitrogen functional groups attached to an aromatic ring is 1. The van der Waals surface area contributed by atoms with E-state index in [9.17, 15) is 4.79 Å². The van der Waals surface area contributed by atoms with E-state index in [4.69, 9.17) is 5.73 Å². The monoisotopic (exact) mass is 282 g/mol. The van der Waals surface area contributed by atoms with Gasteiger partial charge in [-0.2, -0.15) is 0 Å². The molecule has 0 atom stereocenters. The number of hydrogen-bond donors (Lipinski definition) is 1. The fourth-order valence-corrected chi connectivity index (χ4v) is 2.40. The standard InChI is InChI=1S/C18H22N2O/c1-4-14-8-10-15(11-9-14)12-20(3)18(21)17-13(2)6-5-7-16(17)19/h5-11H,4,12,19H2,1-3H3. The molecule has 3 nitrogen and oxygen atoms in total. The minimum atomic E-state index is -0.0369. The van der Waals surface area contributed by atoms with Gasteiger partial charge in [-0.1, -0.05) is 43.3 Å². The first-order valence-corrected chi connectivity index (χ1v) is 7.21. The van der Waals surface area contributed by atoms with Crippen LogP contribution in [0.1, 0.15) is 34.0 Å². The summed E-state index contributed by atoms with van der Waals surface area (Å²) in [5.41, 5.74) is 10.4. The number of carbonyl (C=O) groups is 1. The Morgan fingerprint density at radius 2 is 1.71 bits per heavy atom. The summed E-state index contributed by atoms with van der Waals surface area (Å²) in [7, 11) is 1.81. The highest BCUT2D eigenvalue weighted by Crippen LogP contribution is 2.19. The fourth-order valence-electron chi connectivity index (χ4n) is 2.40. The van der Waals surface area contributed by atoms with E-state index in [1.54, 1.807) is 11.0 Å². The van der Waals surface area contributed by atoms with Crippen molar-refractivity contribution in [3.8, 4) is 0 Å². The van der Waals surface area contributed by atoms with Crippen molar-refractivity contribution in [1.82, 2.24) is 4.90 Å². The number of nitrogens with two attached hydrogens (primary N) is 1. The van der Waals surface area contributed by atoms with Crippen molar-refractivity contribution in [3.05, 3.63) is 64.7 Å². The molecule has 0 heterocycles. The second-order valence-corrected chi connectivity index (χ2v) is 5.37. The summed E-state index contributed by atoms with van der Waals surface area (Å²) in [6.45, 7) is 4.62. The molecular weight excluding hydrogens is 260 g/mol. The normalized spacial score (nSPS) is 10.4. The maximum atomic E-state index is 12.6. The molecule has 0 saturated heterocycles. The summed E-state index contributed by atoms with van der Waals surface area (Å²) < 4.78 is 0. The van der Waals surface area contributed by atoms with E-state index in [1.807, 2.05) is 26.1 Å². The molecule has 0 bridgehead atoms. The molecule has 0 aromatic heterocycles. The third-order valence-electron chi connectivity index (χ3n) is 3.72. The van der Waals surface area contributed by atoms with Crippen molar-refractivity contribution in [3.63, 3.8) is 0 Å². The predicted octanol–water partition coefficient (Wildman–Crippen LogP) is 3.41. The Bertz CT molecular complexity index is 612.